The van der Waals surface area contributed by atoms with Crippen LogP contribution in [0.15, 0.2) is 78.3 Å². The number of nitrogens with two attached hydrogens (primary N) is 2. The lowest BCUT2D eigenvalue weighted by molar-refractivity contribution is -0.160. The molecule has 9 amide bonds. The van der Waals surface area contributed by atoms with Crippen molar-refractivity contribution in [2.24, 2.45) is 29.2 Å². The molecule has 3 aromatic rings. The molecule has 2 aromatic carbocycles. The highest BCUT2D eigenvalue weighted by Gasteiger charge is 2.42. The summed E-state index contributed by atoms with van der Waals surface area (Å²) in [5.74, 6) is -15.1. The van der Waals surface area contributed by atoms with E-state index >= 15 is 0 Å². The van der Waals surface area contributed by atoms with Crippen LogP contribution < -0.4 is 59.3 Å². The molecule has 28 heteroatoms. The second kappa shape index (κ2) is 32.7. The molecule has 0 unspecified atom stereocenters. The Kier molecular flexibility index (Phi) is 26.6. The zero-order valence-corrected chi connectivity index (χ0v) is 48.8. The van der Waals surface area contributed by atoms with Crippen molar-refractivity contribution in [2.75, 3.05) is 19.8 Å². The Hall–Kier alpha value is -8.28. The number of fused-ring (bicyclic) bond motifs is 1. The molecule has 0 saturated carbocycles. The number of allylic oxidation sites excluding steroid dienone is 1. The van der Waals surface area contributed by atoms with Gasteiger partial charge < -0.3 is 94.6 Å². The summed E-state index contributed by atoms with van der Waals surface area (Å²) in [6.45, 7) is 9.39. The van der Waals surface area contributed by atoms with Gasteiger partial charge in [0.2, 0.25) is 41.4 Å². The maximum Gasteiger partial charge on any atom is 0.329 e. The Balaban J connectivity index is 1.98. The van der Waals surface area contributed by atoms with Crippen molar-refractivity contribution in [2.45, 2.75) is 148 Å². The van der Waals surface area contributed by atoms with Gasteiger partial charge in [0, 0.05) is 29.1 Å². The minimum absolute atomic E-state index is 0.0270. The van der Waals surface area contributed by atoms with Gasteiger partial charge in [0.1, 0.15) is 59.8 Å². The van der Waals surface area contributed by atoms with Crippen LogP contribution in [0, 0.1) is 17.8 Å². The largest absolute Gasteiger partial charge is 0.505 e. The van der Waals surface area contributed by atoms with E-state index in [1.807, 2.05) is 0 Å². The Labute approximate surface area is 491 Å². The third-order valence-electron chi connectivity index (χ3n) is 14.2. The van der Waals surface area contributed by atoms with Crippen molar-refractivity contribution in [1.82, 2.24) is 52.8 Å². The summed E-state index contributed by atoms with van der Waals surface area (Å²) in [7, 11) is 0. The molecule has 12 atom stereocenters. The molecular formula is C57H82N12O16. The summed E-state index contributed by atoms with van der Waals surface area (Å²) in [5, 5.41) is 76.7. The Morgan fingerprint density at radius 2 is 1.29 bits per heavy atom. The van der Waals surface area contributed by atoms with E-state index in [1.54, 1.807) is 68.4 Å². The summed E-state index contributed by atoms with van der Waals surface area (Å²) < 4.78 is 6.09. The van der Waals surface area contributed by atoms with Crippen LogP contribution in [0.4, 0.5) is 0 Å². The summed E-state index contributed by atoms with van der Waals surface area (Å²) in [5.41, 5.74) is 11.6. The molecule has 4 rings (SSSR count). The number of H-pyrrole nitrogens is 1. The quantitative estimate of drug-likeness (QED) is 0.0393. The van der Waals surface area contributed by atoms with Gasteiger partial charge in [-0.3, -0.25) is 43.2 Å². The predicted molar refractivity (Wildman–Crippen MR) is 309 cm³/mol. The zero-order chi connectivity index (χ0) is 63.4. The number of nitrogens with one attached hydrogen (secondary N) is 10. The topological polar surface area (TPSA) is 457 Å². The van der Waals surface area contributed by atoms with Crippen molar-refractivity contribution < 1.29 is 78.2 Å². The second-order valence-corrected chi connectivity index (χ2v) is 21.3. The summed E-state index contributed by atoms with van der Waals surface area (Å²) in [4.78, 5) is 146. The number of hydrogen-bond donors (Lipinski definition) is 17. The summed E-state index contributed by atoms with van der Waals surface area (Å²) in [6, 6.07) is 0.426. The first-order valence-electron chi connectivity index (χ1n) is 27.9. The lowest BCUT2D eigenvalue weighted by Gasteiger charge is -2.34. The predicted octanol–water partition coefficient (Wildman–Crippen LogP) is -2.76. The highest BCUT2D eigenvalue weighted by molar-refractivity contribution is 6.08. The average molecular weight is 1190 g/mol. The van der Waals surface area contributed by atoms with Gasteiger partial charge in [-0.2, -0.15) is 0 Å². The second-order valence-electron chi connectivity index (χ2n) is 21.3. The van der Waals surface area contributed by atoms with Gasteiger partial charge in [-0.25, -0.2) is 4.79 Å². The Bertz CT molecular complexity index is 2910. The molecule has 0 bridgehead atoms. The molecule has 28 nitrogen and oxygen atoms in total. The fourth-order valence-corrected chi connectivity index (χ4v) is 8.79. The van der Waals surface area contributed by atoms with E-state index in [0.717, 1.165) is 13.0 Å². The molecule has 2 heterocycles. The van der Waals surface area contributed by atoms with Gasteiger partial charge in [-0.15, -0.1) is 0 Å². The van der Waals surface area contributed by atoms with Crippen LogP contribution in [0.3, 0.4) is 0 Å². The van der Waals surface area contributed by atoms with E-state index in [9.17, 15) is 73.5 Å². The van der Waals surface area contributed by atoms with E-state index < -0.39 is 174 Å². The smallest absolute Gasteiger partial charge is 0.329 e. The number of aromatic nitrogens is 1. The number of rotatable bonds is 16. The van der Waals surface area contributed by atoms with Crippen LogP contribution in [0.25, 0.3) is 16.7 Å². The first-order chi connectivity index (χ1) is 40.2. The van der Waals surface area contributed by atoms with E-state index in [4.69, 9.17) is 16.2 Å². The van der Waals surface area contributed by atoms with Crippen LogP contribution in [-0.2, 0) is 59.1 Å². The number of aliphatic hydroxyl groups excluding tert-OH is 5. The highest BCUT2D eigenvalue weighted by atomic mass is 16.5. The molecule has 85 heavy (non-hydrogen) atoms. The van der Waals surface area contributed by atoms with E-state index in [1.165, 1.54) is 40.8 Å². The average Bonchev–Trinajstić information content (AvgIpc) is 3.29. The first kappa shape index (κ1) is 69.2. The normalized spacial score (nSPS) is 25.1. The van der Waals surface area contributed by atoms with Crippen molar-refractivity contribution in [3.8, 4) is 0 Å². The monoisotopic (exact) mass is 1190 g/mol. The molecular weight excluding hydrogens is 1110 g/mol. The maximum atomic E-state index is 14.8. The standard InChI is InChI=1S/C57H82N12O16/c1-9-29(7)40(59)52(79)69-44-47(28(5)6)85-57(84)37(23-31-17-12-11-13-18-31)63-49(76)36(21-16-22-58)62-55(82)43(46(74)33-24-60-35-20-15-14-19-32(33)35)68-50(77)38(25-70)64-48(75)34(10-2)61-54(81)42(45(73)27(3)4)67-51(78)39(26-71)65-53(80)41(30(8)72)66-56(44)83/h10-15,17-20,24,27-30,36-42,44-45,47,60,70-74H,9,16,21-23,25-26,58-59H2,1-8H3,(H,61,81)(H,62,82)(H,63,76)(H,64,75)(H,65,80)(H,66,83)(H,67,78)(H,68,77)(H,69,79)/b34-10-,46-43+/t29-,30-,36-,37+,38+,39-,40-,41+,42+,44+,45-,47+/m0/s1. The number of amides is 9. The van der Waals surface area contributed by atoms with Crippen LogP contribution >= 0.6 is 0 Å². The fraction of sp³-hybridized carbons (Fsp3) is 0.509. The van der Waals surface area contributed by atoms with Gasteiger partial charge >= 0.3 is 5.97 Å². The molecule has 1 fully saturated rings. The number of carbonyl (C=O) groups excluding carboxylic acids is 10. The molecule has 1 saturated heterocycles. The van der Waals surface area contributed by atoms with Crippen LogP contribution in [0.5, 0.6) is 0 Å². The molecule has 0 radical (unpaired) electrons. The van der Waals surface area contributed by atoms with E-state index in [-0.39, 0.29) is 31.4 Å². The minimum Gasteiger partial charge on any atom is -0.505 e. The highest BCUT2D eigenvalue weighted by Crippen LogP contribution is 2.26. The van der Waals surface area contributed by atoms with Gasteiger partial charge in [0.25, 0.3) is 11.8 Å². The van der Waals surface area contributed by atoms with Crippen LogP contribution in [0.2, 0.25) is 0 Å². The van der Waals surface area contributed by atoms with E-state index in [0.29, 0.717) is 22.9 Å². The van der Waals surface area contributed by atoms with Gasteiger partial charge in [0.15, 0.2) is 5.76 Å². The van der Waals surface area contributed by atoms with Gasteiger partial charge in [-0.1, -0.05) is 103 Å². The number of esters is 1. The lowest BCUT2D eigenvalue weighted by Crippen LogP contribution is -2.65. The number of benzene rings is 2. The van der Waals surface area contributed by atoms with Crippen molar-refractivity contribution >= 4 is 75.8 Å². The number of cyclic esters (lactones) is 1. The molecule has 19 N–H and O–H groups in total. The number of carbonyl (C=O) groups is 10. The zero-order valence-electron chi connectivity index (χ0n) is 48.8. The maximum absolute atomic E-state index is 14.8. The number of aliphatic hydroxyl groups is 5. The molecule has 466 valence electrons. The number of para-hydroxylation sites is 1. The fourth-order valence-electron chi connectivity index (χ4n) is 8.79. The van der Waals surface area contributed by atoms with Gasteiger partial charge in [-0.05, 0) is 62.6 Å². The van der Waals surface area contributed by atoms with Gasteiger partial charge in [0.05, 0.1) is 31.5 Å². The van der Waals surface area contributed by atoms with Crippen molar-refractivity contribution in [3.05, 3.63) is 89.4 Å². The first-order valence-corrected chi connectivity index (χ1v) is 27.9. The van der Waals surface area contributed by atoms with Crippen LogP contribution in [0.1, 0.15) is 85.8 Å². The number of aromatic amines is 1. The number of ether oxygens (including phenoxy) is 1. The van der Waals surface area contributed by atoms with Crippen LogP contribution in [-0.4, -0.2) is 176 Å². The van der Waals surface area contributed by atoms with Crippen molar-refractivity contribution in [1.29, 1.82) is 0 Å². The lowest BCUT2D eigenvalue weighted by atomic mass is 9.95. The third-order valence-corrected chi connectivity index (χ3v) is 14.2. The molecule has 1 aliphatic rings. The SMILES string of the molecule is C/C=C1\NC(=O)[C@@H]([C@@H](O)C(C)C)NC(=O)[C@H](CO)NC(=O)[C@@H]([C@H](C)O)NC(=O)[C@H](NC(=O)[C@@H](N)[C@@H](C)CC)[C@@H](C(C)C)OC(=O)[C@@H](Cc2ccccc2)NC(=O)[C@H](CCCN)NC(=O)/C(=C(\O)c2c[nH]c3ccccc23)NC(=O)[C@@H](CO)NC1=O. The molecule has 1 aromatic heterocycles. The Morgan fingerprint density at radius 1 is 0.706 bits per heavy atom. The third kappa shape index (κ3) is 18.9. The Morgan fingerprint density at radius 3 is 1.88 bits per heavy atom. The molecule has 0 spiro atoms. The van der Waals surface area contributed by atoms with E-state index in [2.05, 4.69) is 52.8 Å². The van der Waals surface area contributed by atoms with Crippen molar-refractivity contribution in [3.63, 3.8) is 0 Å². The summed E-state index contributed by atoms with van der Waals surface area (Å²) in [6.07, 6.45) is -2.87. The minimum atomic E-state index is -2.00. The molecule has 0 aliphatic carbocycles. The summed E-state index contributed by atoms with van der Waals surface area (Å²) >= 11 is 0. The number of hydrogen-bond acceptors (Lipinski definition) is 18. The molecule has 1 aliphatic heterocycles.